The molecule has 1 aliphatic rings. The lowest BCUT2D eigenvalue weighted by atomic mass is 10.1. The van der Waals surface area contributed by atoms with E-state index in [1.165, 1.54) is 15.9 Å². The molecule has 122 valence electrons. The highest BCUT2D eigenvalue weighted by atomic mass is 19.4. The van der Waals surface area contributed by atoms with Gasteiger partial charge in [-0.05, 0) is 18.6 Å². The van der Waals surface area contributed by atoms with Crippen molar-refractivity contribution < 1.29 is 18.0 Å². The van der Waals surface area contributed by atoms with E-state index >= 15 is 0 Å². The number of pyridine rings is 1. The first-order valence-electron chi connectivity index (χ1n) is 6.89. The second-order valence-electron chi connectivity index (χ2n) is 5.17. The zero-order valence-electron chi connectivity index (χ0n) is 11.9. The summed E-state index contributed by atoms with van der Waals surface area (Å²) in [6, 6.07) is 3.44. The molecule has 0 aliphatic carbocycles. The molecule has 1 fully saturated rings. The second-order valence-corrected chi connectivity index (χ2v) is 5.17. The molecule has 0 spiro atoms. The number of alkyl halides is 3. The molecule has 1 atom stereocenters. The van der Waals surface area contributed by atoms with Crippen molar-refractivity contribution in [2.45, 2.75) is 12.6 Å². The van der Waals surface area contributed by atoms with Gasteiger partial charge in [-0.15, -0.1) is 5.10 Å². The number of amides is 1. The van der Waals surface area contributed by atoms with Gasteiger partial charge < -0.3 is 0 Å². The Morgan fingerprint density at radius 3 is 2.87 bits per heavy atom. The van der Waals surface area contributed by atoms with Crippen LogP contribution in [0.4, 0.5) is 13.2 Å². The summed E-state index contributed by atoms with van der Waals surface area (Å²) in [6.07, 6.45) is 0.252. The Bertz CT molecular complexity index is 687. The summed E-state index contributed by atoms with van der Waals surface area (Å²) in [6.45, 7) is -0.112. The van der Waals surface area contributed by atoms with Crippen LogP contribution in [0.15, 0.2) is 30.7 Å². The monoisotopic (exact) mass is 326 g/mol. The van der Waals surface area contributed by atoms with Crippen LogP contribution in [-0.2, 0) is 0 Å². The van der Waals surface area contributed by atoms with E-state index in [1.54, 1.807) is 24.5 Å². The van der Waals surface area contributed by atoms with Gasteiger partial charge in [0.15, 0.2) is 5.69 Å². The quantitative estimate of drug-likeness (QED) is 0.917. The molecule has 1 aliphatic heterocycles. The van der Waals surface area contributed by atoms with E-state index in [1.807, 2.05) is 0 Å². The molecule has 23 heavy (non-hydrogen) atoms. The third-order valence-electron chi connectivity index (χ3n) is 3.55. The first kappa shape index (κ1) is 15.4. The summed E-state index contributed by atoms with van der Waals surface area (Å²) >= 11 is 0. The number of aromatic nitrogens is 4. The van der Waals surface area contributed by atoms with Gasteiger partial charge in [0.05, 0.1) is 24.0 Å². The van der Waals surface area contributed by atoms with Crippen LogP contribution in [0.3, 0.4) is 0 Å². The van der Waals surface area contributed by atoms with Crippen molar-refractivity contribution in [3.05, 3.63) is 36.4 Å². The van der Waals surface area contributed by atoms with Crippen LogP contribution >= 0.6 is 0 Å². The Morgan fingerprint density at radius 1 is 1.39 bits per heavy atom. The number of halogens is 3. The van der Waals surface area contributed by atoms with Crippen molar-refractivity contribution >= 4 is 5.91 Å². The SMILES string of the molecule is O=C(NN1CCC(C(F)(F)F)C1)c1cn(-c2cccnc2)nn1. The fourth-order valence-electron chi connectivity index (χ4n) is 2.31. The number of carbonyl (C=O) groups excluding carboxylic acids is 1. The van der Waals surface area contributed by atoms with Crippen LogP contribution in [0.2, 0.25) is 0 Å². The molecule has 1 amide bonds. The van der Waals surface area contributed by atoms with Gasteiger partial charge >= 0.3 is 6.18 Å². The van der Waals surface area contributed by atoms with E-state index in [0.717, 1.165) is 0 Å². The van der Waals surface area contributed by atoms with Gasteiger partial charge in [0, 0.05) is 19.3 Å². The minimum atomic E-state index is -4.25. The number of nitrogens with one attached hydrogen (secondary N) is 1. The summed E-state index contributed by atoms with van der Waals surface area (Å²) in [4.78, 5) is 16.0. The molecule has 7 nitrogen and oxygen atoms in total. The van der Waals surface area contributed by atoms with Crippen molar-refractivity contribution in [2.75, 3.05) is 13.1 Å². The molecular weight excluding hydrogens is 313 g/mol. The smallest absolute Gasteiger partial charge is 0.283 e. The minimum absolute atomic E-state index is 0.0179. The second kappa shape index (κ2) is 5.95. The number of hydrogen-bond donors (Lipinski definition) is 1. The van der Waals surface area contributed by atoms with E-state index in [-0.39, 0.29) is 25.2 Å². The maximum absolute atomic E-state index is 12.6. The zero-order chi connectivity index (χ0) is 16.4. The summed E-state index contributed by atoms with van der Waals surface area (Å²) in [5.41, 5.74) is 3.07. The lowest BCUT2D eigenvalue weighted by molar-refractivity contribution is -0.170. The highest BCUT2D eigenvalue weighted by Crippen LogP contribution is 2.32. The van der Waals surface area contributed by atoms with Crippen LogP contribution < -0.4 is 5.43 Å². The molecule has 0 radical (unpaired) electrons. The predicted molar refractivity (Wildman–Crippen MR) is 72.4 cm³/mol. The number of rotatable bonds is 3. The third kappa shape index (κ3) is 3.47. The molecule has 3 heterocycles. The molecule has 3 rings (SSSR count). The average Bonchev–Trinajstić information content (AvgIpc) is 3.16. The standard InChI is InChI=1S/C13H13F3N6O/c14-13(15,16)9-3-5-21(7-9)19-12(23)11-8-22(20-18-11)10-2-1-4-17-6-10/h1-2,4,6,8-9H,3,5,7H2,(H,19,23). The fourth-order valence-corrected chi connectivity index (χ4v) is 2.31. The summed E-state index contributed by atoms with van der Waals surface area (Å²) in [5.74, 6) is -2.02. The lowest BCUT2D eigenvalue weighted by Gasteiger charge is -2.17. The molecule has 0 aromatic carbocycles. The Kier molecular flexibility index (Phi) is 3.99. The highest BCUT2D eigenvalue weighted by molar-refractivity contribution is 5.91. The third-order valence-corrected chi connectivity index (χ3v) is 3.55. The highest BCUT2D eigenvalue weighted by Gasteiger charge is 2.44. The number of hydrogen-bond acceptors (Lipinski definition) is 5. The molecule has 1 unspecified atom stereocenters. The Balaban J connectivity index is 1.63. The molecule has 10 heteroatoms. The first-order chi connectivity index (χ1) is 10.9. The van der Waals surface area contributed by atoms with Crippen molar-refractivity contribution in [3.8, 4) is 5.69 Å². The van der Waals surface area contributed by atoms with Gasteiger partial charge in [0.25, 0.3) is 5.91 Å². The minimum Gasteiger partial charge on any atom is -0.283 e. The van der Waals surface area contributed by atoms with E-state index in [9.17, 15) is 18.0 Å². The number of carbonyl (C=O) groups is 1. The number of nitrogens with zero attached hydrogens (tertiary/aromatic N) is 5. The largest absolute Gasteiger partial charge is 0.393 e. The van der Waals surface area contributed by atoms with E-state index in [0.29, 0.717) is 5.69 Å². The van der Waals surface area contributed by atoms with Gasteiger partial charge in [-0.1, -0.05) is 5.21 Å². The van der Waals surface area contributed by atoms with Gasteiger partial charge in [-0.25, -0.2) is 9.69 Å². The molecule has 1 saturated heterocycles. The summed E-state index contributed by atoms with van der Waals surface area (Å²) in [5, 5.41) is 8.78. The Morgan fingerprint density at radius 2 is 2.22 bits per heavy atom. The van der Waals surface area contributed by atoms with E-state index in [4.69, 9.17) is 0 Å². The van der Waals surface area contributed by atoms with Crippen molar-refractivity contribution in [1.29, 1.82) is 0 Å². The van der Waals surface area contributed by atoms with Gasteiger partial charge in [-0.2, -0.15) is 13.2 Å². The Labute approximate surface area is 129 Å². The normalized spacial score (nSPS) is 19.0. The maximum Gasteiger partial charge on any atom is 0.393 e. The molecule has 2 aromatic rings. The van der Waals surface area contributed by atoms with E-state index in [2.05, 4.69) is 20.7 Å². The van der Waals surface area contributed by atoms with Crippen LogP contribution in [0.25, 0.3) is 5.69 Å². The van der Waals surface area contributed by atoms with Crippen LogP contribution in [0.5, 0.6) is 0 Å². The lowest BCUT2D eigenvalue weighted by Crippen LogP contribution is -2.41. The summed E-state index contributed by atoms with van der Waals surface area (Å²) < 4.78 is 39.2. The molecule has 2 aromatic heterocycles. The molecule has 1 N–H and O–H groups in total. The van der Waals surface area contributed by atoms with Gasteiger partial charge in [-0.3, -0.25) is 15.2 Å². The topological polar surface area (TPSA) is 75.9 Å². The number of hydrazine groups is 1. The van der Waals surface area contributed by atoms with E-state index < -0.39 is 18.0 Å². The molecular formula is C13H13F3N6O. The van der Waals surface area contributed by atoms with Gasteiger partial charge in [0.1, 0.15) is 0 Å². The van der Waals surface area contributed by atoms with Crippen molar-refractivity contribution in [2.24, 2.45) is 5.92 Å². The maximum atomic E-state index is 12.6. The zero-order valence-corrected chi connectivity index (χ0v) is 11.9. The molecule has 0 bridgehead atoms. The summed E-state index contributed by atoms with van der Waals surface area (Å²) in [7, 11) is 0. The van der Waals surface area contributed by atoms with Crippen LogP contribution in [0.1, 0.15) is 16.9 Å². The fraction of sp³-hybridized carbons (Fsp3) is 0.385. The van der Waals surface area contributed by atoms with Crippen molar-refractivity contribution in [3.63, 3.8) is 0 Å². The molecule has 0 saturated carbocycles. The first-order valence-corrected chi connectivity index (χ1v) is 6.89. The Hall–Kier alpha value is -2.49. The predicted octanol–water partition coefficient (Wildman–Crippen LogP) is 1.19. The van der Waals surface area contributed by atoms with Gasteiger partial charge in [0.2, 0.25) is 0 Å². The van der Waals surface area contributed by atoms with Crippen LogP contribution in [0, 0.1) is 5.92 Å². The van der Waals surface area contributed by atoms with Crippen molar-refractivity contribution in [1.82, 2.24) is 30.4 Å². The van der Waals surface area contributed by atoms with Crippen LogP contribution in [-0.4, -0.2) is 50.2 Å². The average molecular weight is 326 g/mol.